The molecule has 1 N–H and O–H groups in total. The maximum absolute atomic E-state index is 4.40. The molecule has 0 fully saturated rings. The summed E-state index contributed by atoms with van der Waals surface area (Å²) in [6, 6.07) is 0.510. The first-order chi connectivity index (χ1) is 8.15. The fraction of sp³-hybridized carbons (Fsp3) is 0.769. The van der Waals surface area contributed by atoms with Crippen molar-refractivity contribution in [2.75, 3.05) is 19.6 Å². The fourth-order valence-corrected chi connectivity index (χ4v) is 1.73. The topological polar surface area (TPSA) is 33.1 Å². The van der Waals surface area contributed by atoms with Crippen molar-refractivity contribution in [1.82, 2.24) is 19.8 Å². The predicted molar refractivity (Wildman–Crippen MR) is 72.0 cm³/mol. The number of nitrogens with zero attached hydrogens (tertiary/aromatic N) is 3. The second-order valence-corrected chi connectivity index (χ2v) is 4.67. The Balaban J connectivity index is 2.35. The number of hydrogen-bond acceptors (Lipinski definition) is 3. The normalized spacial score (nSPS) is 11.6. The lowest BCUT2D eigenvalue weighted by Gasteiger charge is -2.17. The Bertz CT molecular complexity index is 302. The molecule has 0 aliphatic carbocycles. The van der Waals surface area contributed by atoms with Crippen LogP contribution in [-0.2, 0) is 13.1 Å². The van der Waals surface area contributed by atoms with Crippen LogP contribution in [-0.4, -0.2) is 40.1 Å². The lowest BCUT2D eigenvalue weighted by molar-refractivity contribution is 0.290. The van der Waals surface area contributed by atoms with E-state index in [1.54, 1.807) is 0 Å². The molecular formula is C13H26N4. The van der Waals surface area contributed by atoms with Crippen LogP contribution < -0.4 is 5.32 Å². The summed E-state index contributed by atoms with van der Waals surface area (Å²) in [4.78, 5) is 6.82. The number of hydrogen-bond donors (Lipinski definition) is 1. The molecule has 0 spiro atoms. The number of nitrogens with one attached hydrogen (secondary N) is 1. The molecular weight excluding hydrogens is 212 g/mol. The van der Waals surface area contributed by atoms with Gasteiger partial charge in [0.1, 0.15) is 0 Å². The van der Waals surface area contributed by atoms with Gasteiger partial charge < -0.3 is 14.8 Å². The van der Waals surface area contributed by atoms with Gasteiger partial charge >= 0.3 is 0 Å². The largest absolute Gasteiger partial charge is 0.336 e. The summed E-state index contributed by atoms with van der Waals surface area (Å²) in [6.07, 6.45) is 4.07. The van der Waals surface area contributed by atoms with E-state index in [0.29, 0.717) is 6.04 Å². The van der Waals surface area contributed by atoms with Crippen LogP contribution >= 0.6 is 0 Å². The van der Waals surface area contributed by atoms with Gasteiger partial charge in [0.15, 0.2) is 0 Å². The number of imidazole rings is 1. The van der Waals surface area contributed by atoms with Gasteiger partial charge in [0.25, 0.3) is 0 Å². The second kappa shape index (κ2) is 7.45. The average molecular weight is 238 g/mol. The van der Waals surface area contributed by atoms with Gasteiger partial charge in [-0.15, -0.1) is 0 Å². The monoisotopic (exact) mass is 238 g/mol. The summed E-state index contributed by atoms with van der Waals surface area (Å²) in [7, 11) is 0. The van der Waals surface area contributed by atoms with E-state index >= 15 is 0 Å². The molecule has 4 heteroatoms. The lowest BCUT2D eigenvalue weighted by atomic mass is 10.3. The third-order valence-corrected chi connectivity index (χ3v) is 2.95. The third kappa shape index (κ3) is 5.33. The van der Waals surface area contributed by atoms with E-state index < -0.39 is 0 Å². The van der Waals surface area contributed by atoms with Crippen molar-refractivity contribution in [1.29, 1.82) is 0 Å². The molecule has 0 bridgehead atoms. The van der Waals surface area contributed by atoms with Crippen LogP contribution in [0.15, 0.2) is 12.5 Å². The first-order valence-corrected chi connectivity index (χ1v) is 6.62. The number of aromatic nitrogens is 2. The average Bonchev–Trinajstić information content (AvgIpc) is 2.76. The van der Waals surface area contributed by atoms with Crippen LogP contribution in [0, 0.1) is 0 Å². The molecule has 4 nitrogen and oxygen atoms in total. The molecule has 1 rings (SSSR count). The quantitative estimate of drug-likeness (QED) is 0.748. The van der Waals surface area contributed by atoms with E-state index in [1.807, 2.05) is 6.33 Å². The highest BCUT2D eigenvalue weighted by molar-refractivity contribution is 4.96. The highest BCUT2D eigenvalue weighted by Gasteiger charge is 2.02. The zero-order valence-corrected chi connectivity index (χ0v) is 11.6. The maximum atomic E-state index is 4.40. The van der Waals surface area contributed by atoms with Gasteiger partial charge in [-0.1, -0.05) is 27.7 Å². The van der Waals surface area contributed by atoms with Crippen LogP contribution in [0.5, 0.6) is 0 Å². The molecule has 0 aromatic carbocycles. The lowest BCUT2D eigenvalue weighted by Crippen LogP contribution is -2.26. The summed E-state index contributed by atoms with van der Waals surface area (Å²) in [5.74, 6) is 0. The van der Waals surface area contributed by atoms with Crippen LogP contribution in [0.3, 0.4) is 0 Å². The fourth-order valence-electron chi connectivity index (χ4n) is 1.73. The van der Waals surface area contributed by atoms with Crippen molar-refractivity contribution in [3.05, 3.63) is 18.2 Å². The minimum Gasteiger partial charge on any atom is -0.336 e. The molecule has 0 radical (unpaired) electrons. The van der Waals surface area contributed by atoms with Crippen LogP contribution in [0.1, 0.15) is 33.4 Å². The van der Waals surface area contributed by atoms with Crippen molar-refractivity contribution in [3.8, 4) is 0 Å². The van der Waals surface area contributed by atoms with Crippen LogP contribution in [0.4, 0.5) is 0 Å². The van der Waals surface area contributed by atoms with Gasteiger partial charge in [0.05, 0.1) is 12.0 Å². The van der Waals surface area contributed by atoms with E-state index in [9.17, 15) is 0 Å². The van der Waals surface area contributed by atoms with Gasteiger partial charge in [0.2, 0.25) is 0 Å². The van der Waals surface area contributed by atoms with Crippen molar-refractivity contribution >= 4 is 0 Å². The van der Waals surface area contributed by atoms with Crippen molar-refractivity contribution in [2.45, 2.75) is 46.8 Å². The predicted octanol–water partition coefficient (Wildman–Crippen LogP) is 1.72. The van der Waals surface area contributed by atoms with Gasteiger partial charge in [-0.3, -0.25) is 0 Å². The van der Waals surface area contributed by atoms with E-state index in [2.05, 4.69) is 53.7 Å². The van der Waals surface area contributed by atoms with E-state index in [1.165, 1.54) is 0 Å². The Morgan fingerprint density at radius 3 is 2.65 bits per heavy atom. The molecule has 0 saturated carbocycles. The summed E-state index contributed by atoms with van der Waals surface area (Å²) in [5, 5.41) is 3.38. The number of rotatable bonds is 8. The molecule has 17 heavy (non-hydrogen) atoms. The molecule has 0 aliphatic heterocycles. The molecule has 0 aliphatic rings. The van der Waals surface area contributed by atoms with Crippen molar-refractivity contribution in [2.24, 2.45) is 0 Å². The van der Waals surface area contributed by atoms with Crippen molar-refractivity contribution < 1.29 is 0 Å². The highest BCUT2D eigenvalue weighted by Crippen LogP contribution is 1.98. The van der Waals surface area contributed by atoms with Gasteiger partial charge in [-0.05, 0) is 13.1 Å². The summed E-state index contributed by atoms with van der Waals surface area (Å²) in [5.41, 5.74) is 1.12. The molecule has 1 aromatic heterocycles. The maximum Gasteiger partial charge on any atom is 0.0950 e. The summed E-state index contributed by atoms with van der Waals surface area (Å²) in [6.45, 7) is 13.9. The molecule has 98 valence electrons. The Kier molecular flexibility index (Phi) is 6.22. The SMILES string of the molecule is CCN(CC)CCn1cnc(CNC(C)C)c1. The highest BCUT2D eigenvalue weighted by atomic mass is 15.1. The molecule has 0 amide bonds. The first kappa shape index (κ1) is 14.2. The molecule has 0 saturated heterocycles. The first-order valence-electron chi connectivity index (χ1n) is 6.62. The Hall–Kier alpha value is -0.870. The minimum absolute atomic E-state index is 0.510. The van der Waals surface area contributed by atoms with Crippen molar-refractivity contribution in [3.63, 3.8) is 0 Å². The molecule has 1 heterocycles. The Morgan fingerprint density at radius 1 is 1.35 bits per heavy atom. The summed E-state index contributed by atoms with van der Waals surface area (Å²) >= 11 is 0. The van der Waals surface area contributed by atoms with E-state index in [0.717, 1.165) is 38.4 Å². The Morgan fingerprint density at radius 2 is 2.06 bits per heavy atom. The second-order valence-electron chi connectivity index (χ2n) is 4.67. The molecule has 0 atom stereocenters. The minimum atomic E-state index is 0.510. The van der Waals surface area contributed by atoms with Gasteiger partial charge in [-0.2, -0.15) is 0 Å². The third-order valence-electron chi connectivity index (χ3n) is 2.95. The molecule has 1 aromatic rings. The number of likely N-dealkylation sites (N-methyl/N-ethyl adjacent to an activating group) is 1. The van der Waals surface area contributed by atoms with Crippen LogP contribution in [0.2, 0.25) is 0 Å². The van der Waals surface area contributed by atoms with E-state index in [-0.39, 0.29) is 0 Å². The van der Waals surface area contributed by atoms with E-state index in [4.69, 9.17) is 0 Å². The zero-order chi connectivity index (χ0) is 12.7. The van der Waals surface area contributed by atoms with Crippen LogP contribution in [0.25, 0.3) is 0 Å². The summed E-state index contributed by atoms with van der Waals surface area (Å²) < 4.78 is 2.18. The van der Waals surface area contributed by atoms with Gasteiger partial charge in [-0.25, -0.2) is 4.98 Å². The Labute approximate surface area is 105 Å². The van der Waals surface area contributed by atoms with Gasteiger partial charge in [0, 0.05) is 31.9 Å². The smallest absolute Gasteiger partial charge is 0.0950 e. The standard InChI is InChI=1S/C13H26N4/c1-5-16(6-2)7-8-17-10-13(15-11-17)9-14-12(3)4/h10-12,14H,5-9H2,1-4H3. The zero-order valence-electron chi connectivity index (χ0n) is 11.6. The molecule has 0 unspecified atom stereocenters.